The number of hydrogen-bond acceptors (Lipinski definition) is 7. The van der Waals surface area contributed by atoms with Crippen LogP contribution in [0.25, 0.3) is 0 Å². The maximum atomic E-state index is 12.3. The van der Waals surface area contributed by atoms with Crippen molar-refractivity contribution in [1.29, 1.82) is 0 Å². The van der Waals surface area contributed by atoms with Gasteiger partial charge in [-0.3, -0.25) is 0 Å². The number of aromatic nitrogens is 1. The Balaban J connectivity index is 1.96. The minimum Gasteiger partial charge on any atom is -0.382 e. The van der Waals surface area contributed by atoms with Gasteiger partial charge in [0.1, 0.15) is 9.90 Å². The molecular weight excluding hydrogens is 298 g/mol. The van der Waals surface area contributed by atoms with Crippen LogP contribution in [-0.2, 0) is 14.6 Å². The molecule has 1 aliphatic rings. The minimum absolute atomic E-state index is 0.104. The highest BCUT2D eigenvalue weighted by molar-refractivity contribution is 7.92. The lowest BCUT2D eigenvalue weighted by molar-refractivity contribution is 0.118. The highest BCUT2D eigenvalue weighted by Crippen LogP contribution is 2.40. The van der Waals surface area contributed by atoms with E-state index in [1.807, 2.05) is 0 Å². The molecule has 3 N–H and O–H groups in total. The second-order valence-electron chi connectivity index (χ2n) is 5.37. The summed E-state index contributed by atoms with van der Waals surface area (Å²) < 4.78 is 34.0. The molecule has 1 aliphatic carbocycles. The second kappa shape index (κ2) is 6.28. The molecule has 0 aliphatic heterocycles. The van der Waals surface area contributed by atoms with Crippen molar-refractivity contribution in [1.82, 2.24) is 4.37 Å². The van der Waals surface area contributed by atoms with Gasteiger partial charge in [0.05, 0.1) is 11.9 Å². The van der Waals surface area contributed by atoms with Gasteiger partial charge in [-0.15, -0.1) is 0 Å². The van der Waals surface area contributed by atoms with Gasteiger partial charge in [0.25, 0.3) is 0 Å². The maximum absolute atomic E-state index is 12.3. The topological polar surface area (TPSA) is 94.3 Å². The van der Waals surface area contributed by atoms with Crippen molar-refractivity contribution in [2.45, 2.75) is 36.8 Å². The molecule has 0 amide bonds. The molecule has 1 aromatic heterocycles. The molecule has 1 saturated carbocycles. The Labute approximate surface area is 123 Å². The van der Waals surface area contributed by atoms with Gasteiger partial charge in [0.15, 0.2) is 15.7 Å². The molecule has 0 atom stereocenters. The summed E-state index contributed by atoms with van der Waals surface area (Å²) in [6.45, 7) is 5.93. The summed E-state index contributed by atoms with van der Waals surface area (Å²) in [5.74, 6) is 0.590. The Bertz CT molecular complexity index is 550. The molecule has 6 nitrogen and oxygen atoms in total. The Hall–Kier alpha value is -0.860. The van der Waals surface area contributed by atoms with Crippen molar-refractivity contribution in [3.8, 4) is 0 Å². The third kappa shape index (κ3) is 3.62. The van der Waals surface area contributed by atoms with Gasteiger partial charge < -0.3 is 15.8 Å². The summed E-state index contributed by atoms with van der Waals surface area (Å²) in [5, 5.41) is 3.32. The largest absolute Gasteiger partial charge is 0.382 e. The number of anilines is 2. The van der Waals surface area contributed by atoms with E-state index in [9.17, 15) is 8.42 Å². The van der Waals surface area contributed by atoms with E-state index >= 15 is 0 Å². The highest BCUT2D eigenvalue weighted by Gasteiger charge is 2.40. The lowest BCUT2D eigenvalue weighted by atomic mass is 10.2. The summed E-state index contributed by atoms with van der Waals surface area (Å²) in [4.78, 5) is 0.175. The SMILES string of the molecule is CC(C)COCCNc1snc(N)c1S(=O)(=O)C1CC1. The molecule has 8 heteroatoms. The van der Waals surface area contributed by atoms with Gasteiger partial charge in [-0.05, 0) is 30.3 Å². The van der Waals surface area contributed by atoms with E-state index in [-0.39, 0.29) is 16.0 Å². The summed E-state index contributed by atoms with van der Waals surface area (Å²) >= 11 is 1.09. The van der Waals surface area contributed by atoms with Crippen LogP contribution in [-0.4, -0.2) is 37.8 Å². The fraction of sp³-hybridized carbons (Fsp3) is 0.750. The lowest BCUT2D eigenvalue weighted by Gasteiger charge is -2.09. The smallest absolute Gasteiger partial charge is 0.187 e. The molecule has 0 spiro atoms. The van der Waals surface area contributed by atoms with Gasteiger partial charge in [-0.1, -0.05) is 13.8 Å². The summed E-state index contributed by atoms with van der Waals surface area (Å²) in [5.41, 5.74) is 5.71. The predicted molar refractivity (Wildman–Crippen MR) is 80.9 cm³/mol. The number of nitrogens with one attached hydrogen (secondary N) is 1. The van der Waals surface area contributed by atoms with E-state index in [1.165, 1.54) is 0 Å². The molecule has 114 valence electrons. The number of rotatable bonds is 8. The van der Waals surface area contributed by atoms with Crippen LogP contribution in [0.2, 0.25) is 0 Å². The van der Waals surface area contributed by atoms with Crippen LogP contribution < -0.4 is 11.1 Å². The van der Waals surface area contributed by atoms with Crippen LogP contribution in [0.4, 0.5) is 10.8 Å². The summed E-state index contributed by atoms with van der Waals surface area (Å²) in [6, 6.07) is 0. The van der Waals surface area contributed by atoms with Crippen molar-refractivity contribution in [3.05, 3.63) is 0 Å². The Kier molecular flexibility index (Phi) is 4.87. The van der Waals surface area contributed by atoms with Crippen LogP contribution in [0.5, 0.6) is 0 Å². The molecule has 0 unspecified atom stereocenters. The van der Waals surface area contributed by atoms with E-state index in [1.54, 1.807) is 0 Å². The molecule has 2 rings (SSSR count). The standard InChI is InChI=1S/C12H21N3O3S2/c1-8(2)7-18-6-5-14-12-10(11(13)15-19-12)20(16,17)9-3-4-9/h8-9,14H,3-7H2,1-2H3,(H2,13,15). The Morgan fingerprint density at radius 2 is 2.20 bits per heavy atom. The fourth-order valence-electron chi connectivity index (χ4n) is 1.78. The van der Waals surface area contributed by atoms with Crippen LogP contribution in [0.3, 0.4) is 0 Å². The molecule has 0 radical (unpaired) electrons. The zero-order chi connectivity index (χ0) is 14.8. The number of nitrogens with zero attached hydrogens (tertiary/aromatic N) is 1. The van der Waals surface area contributed by atoms with E-state index in [0.717, 1.165) is 11.5 Å². The van der Waals surface area contributed by atoms with E-state index in [0.29, 0.717) is 43.5 Å². The molecule has 1 heterocycles. The second-order valence-corrected chi connectivity index (χ2v) is 8.30. The van der Waals surface area contributed by atoms with Crippen LogP contribution in [0.1, 0.15) is 26.7 Å². The number of hydrogen-bond donors (Lipinski definition) is 2. The molecule has 1 aromatic rings. The molecule has 0 aromatic carbocycles. The summed E-state index contributed by atoms with van der Waals surface area (Å²) in [7, 11) is -3.32. The number of nitrogen functional groups attached to an aromatic ring is 1. The van der Waals surface area contributed by atoms with E-state index in [4.69, 9.17) is 10.5 Å². The first-order chi connectivity index (χ1) is 9.43. The van der Waals surface area contributed by atoms with Crippen molar-refractivity contribution in [3.63, 3.8) is 0 Å². The Morgan fingerprint density at radius 1 is 1.50 bits per heavy atom. The van der Waals surface area contributed by atoms with Gasteiger partial charge >= 0.3 is 0 Å². The predicted octanol–water partition coefficient (Wildman–Crippen LogP) is 1.75. The third-order valence-electron chi connectivity index (χ3n) is 2.91. The monoisotopic (exact) mass is 319 g/mol. The highest BCUT2D eigenvalue weighted by atomic mass is 32.2. The third-order valence-corrected chi connectivity index (χ3v) is 6.18. The van der Waals surface area contributed by atoms with Crippen LogP contribution >= 0.6 is 11.5 Å². The zero-order valence-corrected chi connectivity index (χ0v) is 13.4. The van der Waals surface area contributed by atoms with Gasteiger partial charge in [0.2, 0.25) is 0 Å². The van der Waals surface area contributed by atoms with Crippen molar-refractivity contribution in [2.75, 3.05) is 30.8 Å². The summed E-state index contributed by atoms with van der Waals surface area (Å²) in [6.07, 6.45) is 1.43. The zero-order valence-electron chi connectivity index (χ0n) is 11.8. The van der Waals surface area contributed by atoms with E-state index < -0.39 is 9.84 Å². The van der Waals surface area contributed by atoms with Crippen LogP contribution in [0, 0.1) is 5.92 Å². The fourth-order valence-corrected chi connectivity index (χ4v) is 4.69. The van der Waals surface area contributed by atoms with Crippen LogP contribution in [0.15, 0.2) is 4.90 Å². The van der Waals surface area contributed by atoms with Crippen molar-refractivity contribution in [2.24, 2.45) is 5.92 Å². The van der Waals surface area contributed by atoms with Gasteiger partial charge in [-0.25, -0.2) is 8.42 Å². The number of ether oxygens (including phenoxy) is 1. The number of nitrogens with two attached hydrogens (primary N) is 1. The first-order valence-corrected chi connectivity index (χ1v) is 9.05. The first-order valence-electron chi connectivity index (χ1n) is 6.73. The number of sulfone groups is 1. The lowest BCUT2D eigenvalue weighted by Crippen LogP contribution is -2.15. The average molecular weight is 319 g/mol. The molecular formula is C12H21N3O3S2. The average Bonchev–Trinajstić information content (AvgIpc) is 3.14. The van der Waals surface area contributed by atoms with E-state index in [2.05, 4.69) is 23.5 Å². The molecule has 0 saturated heterocycles. The quantitative estimate of drug-likeness (QED) is 0.709. The molecule has 1 fully saturated rings. The molecule has 20 heavy (non-hydrogen) atoms. The minimum atomic E-state index is -3.32. The van der Waals surface area contributed by atoms with Gasteiger partial charge in [0, 0.05) is 13.2 Å². The maximum Gasteiger partial charge on any atom is 0.187 e. The first kappa shape index (κ1) is 15.5. The van der Waals surface area contributed by atoms with Gasteiger partial charge in [-0.2, -0.15) is 4.37 Å². The normalized spacial score (nSPS) is 15.8. The Morgan fingerprint density at radius 3 is 2.80 bits per heavy atom. The molecule has 0 bridgehead atoms. The van der Waals surface area contributed by atoms with Crippen molar-refractivity contribution < 1.29 is 13.2 Å². The van der Waals surface area contributed by atoms with Crippen molar-refractivity contribution >= 4 is 32.2 Å².